The first kappa shape index (κ1) is 22.1. The number of amides is 3. The van der Waals surface area contributed by atoms with Crippen molar-refractivity contribution in [1.29, 1.82) is 0 Å². The van der Waals surface area contributed by atoms with E-state index < -0.39 is 30.4 Å². The van der Waals surface area contributed by atoms with Gasteiger partial charge in [0.15, 0.2) is 0 Å². The third-order valence-electron chi connectivity index (χ3n) is 4.21. The SMILES string of the molecule is CCC(NC(=O)[C@H](CC)NC(=O)[C@H](CC(=O)O)NC=O)c1ccc(C)cc1. The van der Waals surface area contributed by atoms with Crippen molar-refractivity contribution < 1.29 is 24.3 Å². The second-order valence-electron chi connectivity index (χ2n) is 6.28. The van der Waals surface area contributed by atoms with Crippen molar-refractivity contribution in [2.24, 2.45) is 0 Å². The molecule has 0 bridgehead atoms. The summed E-state index contributed by atoms with van der Waals surface area (Å²) in [6.07, 6.45) is 0.693. The van der Waals surface area contributed by atoms with E-state index in [0.717, 1.165) is 11.1 Å². The third-order valence-corrected chi connectivity index (χ3v) is 4.21. The highest BCUT2D eigenvalue weighted by molar-refractivity contribution is 5.92. The van der Waals surface area contributed by atoms with E-state index in [2.05, 4.69) is 16.0 Å². The van der Waals surface area contributed by atoms with Gasteiger partial charge in [0, 0.05) is 0 Å². The molecule has 3 atom stereocenters. The van der Waals surface area contributed by atoms with E-state index in [4.69, 9.17) is 5.11 Å². The highest BCUT2D eigenvalue weighted by atomic mass is 16.4. The molecule has 0 heterocycles. The van der Waals surface area contributed by atoms with Gasteiger partial charge in [-0.15, -0.1) is 0 Å². The van der Waals surface area contributed by atoms with Gasteiger partial charge >= 0.3 is 5.97 Å². The molecular formula is C19H27N3O5. The van der Waals surface area contributed by atoms with E-state index in [1.807, 2.05) is 38.1 Å². The minimum Gasteiger partial charge on any atom is -0.481 e. The normalized spacial score (nSPS) is 13.7. The van der Waals surface area contributed by atoms with Crippen molar-refractivity contribution in [2.45, 2.75) is 58.2 Å². The van der Waals surface area contributed by atoms with Crippen molar-refractivity contribution >= 4 is 24.2 Å². The van der Waals surface area contributed by atoms with Crippen LogP contribution >= 0.6 is 0 Å². The van der Waals surface area contributed by atoms with Crippen LogP contribution in [0.5, 0.6) is 0 Å². The summed E-state index contributed by atoms with van der Waals surface area (Å²) < 4.78 is 0. The van der Waals surface area contributed by atoms with Gasteiger partial charge in [-0.3, -0.25) is 19.2 Å². The summed E-state index contributed by atoms with van der Waals surface area (Å²) >= 11 is 0. The summed E-state index contributed by atoms with van der Waals surface area (Å²) in [7, 11) is 0. The van der Waals surface area contributed by atoms with Gasteiger partial charge in [0.2, 0.25) is 18.2 Å². The van der Waals surface area contributed by atoms with Gasteiger partial charge in [-0.2, -0.15) is 0 Å². The maximum atomic E-state index is 12.6. The van der Waals surface area contributed by atoms with Crippen LogP contribution in [0.15, 0.2) is 24.3 Å². The number of carboxylic acid groups (broad SMARTS) is 1. The monoisotopic (exact) mass is 377 g/mol. The van der Waals surface area contributed by atoms with Gasteiger partial charge in [-0.1, -0.05) is 43.7 Å². The van der Waals surface area contributed by atoms with Crippen LogP contribution in [0.4, 0.5) is 0 Å². The Kier molecular flexibility index (Phi) is 8.98. The fourth-order valence-corrected chi connectivity index (χ4v) is 2.60. The van der Waals surface area contributed by atoms with Gasteiger partial charge in [-0.05, 0) is 25.3 Å². The first-order valence-corrected chi connectivity index (χ1v) is 8.91. The number of carbonyl (C=O) groups is 4. The quantitative estimate of drug-likeness (QED) is 0.429. The van der Waals surface area contributed by atoms with Crippen LogP contribution in [0.3, 0.4) is 0 Å². The molecule has 148 valence electrons. The minimum absolute atomic E-state index is 0.202. The number of aliphatic carboxylic acids is 1. The van der Waals surface area contributed by atoms with Crippen LogP contribution in [0.2, 0.25) is 0 Å². The van der Waals surface area contributed by atoms with Crippen LogP contribution in [-0.2, 0) is 19.2 Å². The molecule has 0 spiro atoms. The molecule has 0 saturated heterocycles. The summed E-state index contributed by atoms with van der Waals surface area (Å²) in [5.41, 5.74) is 2.08. The Morgan fingerprint density at radius 3 is 2.07 bits per heavy atom. The molecule has 27 heavy (non-hydrogen) atoms. The predicted octanol–water partition coefficient (Wildman–Crippen LogP) is 1.05. The molecule has 8 heteroatoms. The van der Waals surface area contributed by atoms with Gasteiger partial charge in [-0.25, -0.2) is 0 Å². The fraction of sp³-hybridized carbons (Fsp3) is 0.474. The Hall–Kier alpha value is -2.90. The molecule has 0 aromatic heterocycles. The number of hydrogen-bond donors (Lipinski definition) is 4. The molecular weight excluding hydrogens is 350 g/mol. The van der Waals surface area contributed by atoms with Crippen molar-refractivity contribution in [2.75, 3.05) is 0 Å². The van der Waals surface area contributed by atoms with Gasteiger partial charge < -0.3 is 21.1 Å². The summed E-state index contributed by atoms with van der Waals surface area (Å²) in [5.74, 6) is -2.30. The van der Waals surface area contributed by atoms with Crippen LogP contribution in [0.25, 0.3) is 0 Å². The van der Waals surface area contributed by atoms with E-state index in [1.165, 1.54) is 0 Å². The lowest BCUT2D eigenvalue weighted by molar-refractivity contribution is -0.140. The number of carboxylic acids is 1. The number of rotatable bonds is 11. The molecule has 1 aromatic rings. The maximum Gasteiger partial charge on any atom is 0.305 e. The van der Waals surface area contributed by atoms with E-state index >= 15 is 0 Å². The zero-order chi connectivity index (χ0) is 20.4. The highest BCUT2D eigenvalue weighted by Gasteiger charge is 2.27. The Balaban J connectivity index is 2.79. The van der Waals surface area contributed by atoms with Crippen LogP contribution in [0, 0.1) is 6.92 Å². The highest BCUT2D eigenvalue weighted by Crippen LogP contribution is 2.17. The number of hydrogen-bond acceptors (Lipinski definition) is 4. The predicted molar refractivity (Wildman–Crippen MR) is 99.8 cm³/mol. The molecule has 0 saturated carbocycles. The Morgan fingerprint density at radius 1 is 1.00 bits per heavy atom. The number of carbonyl (C=O) groups excluding carboxylic acids is 3. The number of aryl methyl sites for hydroxylation is 1. The van der Waals surface area contributed by atoms with Crippen molar-refractivity contribution in [1.82, 2.24) is 16.0 Å². The standard InChI is InChI=1S/C19H27N3O5/c1-4-14(13-8-6-12(3)7-9-13)21-18(26)15(5-2)22-19(27)16(20-11-23)10-17(24)25/h6-9,11,14-16H,4-5,10H2,1-3H3,(H,20,23)(H,21,26)(H,22,27)(H,24,25)/t14?,15-,16-/m0/s1. The second kappa shape index (κ2) is 10.9. The number of benzene rings is 1. The fourth-order valence-electron chi connectivity index (χ4n) is 2.60. The molecule has 0 aliphatic heterocycles. The average Bonchev–Trinajstić information content (AvgIpc) is 2.63. The van der Waals surface area contributed by atoms with Crippen LogP contribution < -0.4 is 16.0 Å². The lowest BCUT2D eigenvalue weighted by Crippen LogP contribution is -2.53. The minimum atomic E-state index is -1.24. The average molecular weight is 377 g/mol. The first-order chi connectivity index (χ1) is 12.8. The maximum absolute atomic E-state index is 12.6. The number of nitrogens with one attached hydrogen (secondary N) is 3. The zero-order valence-electron chi connectivity index (χ0n) is 15.8. The summed E-state index contributed by atoms with van der Waals surface area (Å²) in [6, 6.07) is 5.55. The van der Waals surface area contributed by atoms with E-state index in [1.54, 1.807) is 6.92 Å². The smallest absolute Gasteiger partial charge is 0.305 e. The van der Waals surface area contributed by atoms with Crippen LogP contribution in [0.1, 0.15) is 50.3 Å². The molecule has 1 unspecified atom stereocenters. The lowest BCUT2D eigenvalue weighted by atomic mass is 10.0. The van der Waals surface area contributed by atoms with Gasteiger partial charge in [0.1, 0.15) is 12.1 Å². The largest absolute Gasteiger partial charge is 0.481 e. The molecule has 3 amide bonds. The first-order valence-electron chi connectivity index (χ1n) is 8.91. The Bertz CT molecular complexity index is 660. The molecule has 0 radical (unpaired) electrons. The molecule has 8 nitrogen and oxygen atoms in total. The van der Waals surface area contributed by atoms with Gasteiger partial charge in [0.25, 0.3) is 0 Å². The van der Waals surface area contributed by atoms with E-state index in [-0.39, 0.29) is 18.4 Å². The second-order valence-corrected chi connectivity index (χ2v) is 6.28. The molecule has 0 fully saturated rings. The van der Waals surface area contributed by atoms with E-state index in [0.29, 0.717) is 12.8 Å². The molecule has 1 aromatic carbocycles. The summed E-state index contributed by atoms with van der Waals surface area (Å²) in [6.45, 7) is 5.66. The molecule has 4 N–H and O–H groups in total. The summed E-state index contributed by atoms with van der Waals surface area (Å²) in [5, 5.41) is 16.4. The van der Waals surface area contributed by atoms with Crippen LogP contribution in [-0.4, -0.2) is 41.4 Å². The lowest BCUT2D eigenvalue weighted by Gasteiger charge is -2.24. The van der Waals surface area contributed by atoms with Crippen molar-refractivity contribution in [3.8, 4) is 0 Å². The zero-order valence-corrected chi connectivity index (χ0v) is 15.8. The molecule has 0 aliphatic rings. The Labute approximate surface area is 158 Å². The molecule has 0 aliphatic carbocycles. The van der Waals surface area contributed by atoms with E-state index in [9.17, 15) is 19.2 Å². The molecule has 1 rings (SSSR count). The summed E-state index contributed by atoms with van der Waals surface area (Å²) in [4.78, 5) is 46.2. The van der Waals surface area contributed by atoms with Crippen molar-refractivity contribution in [3.63, 3.8) is 0 Å². The Morgan fingerprint density at radius 2 is 1.59 bits per heavy atom. The van der Waals surface area contributed by atoms with Gasteiger partial charge in [0.05, 0.1) is 12.5 Å². The topological polar surface area (TPSA) is 125 Å². The van der Waals surface area contributed by atoms with Crippen molar-refractivity contribution in [3.05, 3.63) is 35.4 Å². The third kappa shape index (κ3) is 7.08.